The minimum absolute atomic E-state index is 0.255. The average molecular weight is 636 g/mol. The Morgan fingerprint density at radius 3 is 2.17 bits per heavy atom. The van der Waals surface area contributed by atoms with E-state index >= 15 is 0 Å². The van der Waals surface area contributed by atoms with Gasteiger partial charge in [0.25, 0.3) is 0 Å². The number of amidine groups is 1. The van der Waals surface area contributed by atoms with Gasteiger partial charge in [0.2, 0.25) is 0 Å². The van der Waals surface area contributed by atoms with E-state index in [1.807, 2.05) is 17.4 Å². The first-order valence-electron chi connectivity index (χ1n) is 16.3. The molecule has 0 spiro atoms. The van der Waals surface area contributed by atoms with Crippen LogP contribution in [0.3, 0.4) is 0 Å². The zero-order chi connectivity index (χ0) is 31.6. The van der Waals surface area contributed by atoms with Gasteiger partial charge in [0.1, 0.15) is 29.3 Å². The van der Waals surface area contributed by atoms with Crippen LogP contribution in [0, 0.1) is 0 Å². The summed E-state index contributed by atoms with van der Waals surface area (Å²) >= 11 is 1.86. The van der Waals surface area contributed by atoms with Crippen LogP contribution in [0.4, 0.5) is 0 Å². The number of aliphatic imine (C=N–C) groups is 1. The Balaban J connectivity index is 1.28. The van der Waals surface area contributed by atoms with Crippen LogP contribution < -0.4 is 10.6 Å². The quantitative estimate of drug-likeness (QED) is 0.202. The lowest BCUT2D eigenvalue weighted by atomic mass is 9.91. The molecule has 9 aromatic rings. The molecule has 1 aliphatic heterocycles. The number of fused-ring (bicyclic) bond motifs is 7. The monoisotopic (exact) mass is 635 g/mol. The Hall–Kier alpha value is -5.75. The summed E-state index contributed by atoms with van der Waals surface area (Å²) in [5.41, 5.74) is 7.44. The van der Waals surface area contributed by atoms with Gasteiger partial charge in [0, 0.05) is 42.1 Å². The van der Waals surface area contributed by atoms with Gasteiger partial charge in [-0.1, -0.05) is 127 Å². The molecular weight excluding hydrogens is 607 g/mol. The molecule has 0 saturated heterocycles. The molecular formula is C43H29N3OS. The fourth-order valence-electron chi connectivity index (χ4n) is 7.33. The van der Waals surface area contributed by atoms with Crippen molar-refractivity contribution in [1.29, 1.82) is 0 Å². The van der Waals surface area contributed by atoms with Gasteiger partial charge < -0.3 is 9.73 Å². The summed E-state index contributed by atoms with van der Waals surface area (Å²) in [4.78, 5) is 5.22. The van der Waals surface area contributed by atoms with E-state index < -0.39 is 0 Å². The smallest absolute Gasteiger partial charge is 0.136 e. The van der Waals surface area contributed by atoms with Gasteiger partial charge >= 0.3 is 0 Å². The molecule has 4 nitrogen and oxygen atoms in total. The van der Waals surface area contributed by atoms with Crippen LogP contribution in [-0.2, 0) is 0 Å². The standard InChI is InChI=1S/C43H29N3OS/c1-3-12-26(13-4-1)41-44-42(27-14-5-2-6-15-27)46-43(45-41)39-31(33-20-11-19-32-30-18-9-10-21-37(30)48-40(32)33)22-23-35-38(39)34-24-28-16-7-8-17-29(28)25-36(34)47-35/h1-25,41,43,45H,(H,44,46). The van der Waals surface area contributed by atoms with E-state index in [-0.39, 0.29) is 12.3 Å². The van der Waals surface area contributed by atoms with Crippen molar-refractivity contribution < 1.29 is 4.42 Å². The lowest BCUT2D eigenvalue weighted by Gasteiger charge is -2.33. The third kappa shape index (κ3) is 4.36. The van der Waals surface area contributed by atoms with Crippen LogP contribution in [0.1, 0.15) is 29.0 Å². The molecule has 2 aromatic heterocycles. The molecule has 2 unspecified atom stereocenters. The molecule has 5 heteroatoms. The Labute approximate surface area is 281 Å². The highest BCUT2D eigenvalue weighted by molar-refractivity contribution is 7.26. The normalized spacial score (nSPS) is 16.5. The van der Waals surface area contributed by atoms with Crippen molar-refractivity contribution >= 4 is 70.1 Å². The highest BCUT2D eigenvalue weighted by Crippen LogP contribution is 2.46. The SMILES string of the molecule is c1ccc(C2=NC(c3ccccc3)NC(c3c(-c4cccc5c4sc4ccccc45)ccc4oc5cc6ccccc6cc5c34)N2)cc1. The fraction of sp³-hybridized carbons (Fsp3) is 0.0465. The second-order valence-electron chi connectivity index (χ2n) is 12.4. The summed E-state index contributed by atoms with van der Waals surface area (Å²) in [6, 6.07) is 53.7. The van der Waals surface area contributed by atoms with Crippen molar-refractivity contribution in [3.05, 3.63) is 168 Å². The molecule has 228 valence electrons. The van der Waals surface area contributed by atoms with Gasteiger partial charge in [0.05, 0.1) is 0 Å². The minimum Gasteiger partial charge on any atom is -0.456 e. The van der Waals surface area contributed by atoms with Crippen molar-refractivity contribution in [3.63, 3.8) is 0 Å². The second kappa shape index (κ2) is 10.9. The fourth-order valence-corrected chi connectivity index (χ4v) is 8.56. The van der Waals surface area contributed by atoms with Crippen LogP contribution in [0.5, 0.6) is 0 Å². The molecule has 3 heterocycles. The number of hydrogen-bond donors (Lipinski definition) is 2. The first kappa shape index (κ1) is 27.4. The molecule has 1 aliphatic rings. The third-order valence-corrected chi connectivity index (χ3v) is 10.8. The van der Waals surface area contributed by atoms with Gasteiger partial charge in [0.15, 0.2) is 0 Å². The molecule has 0 saturated carbocycles. The van der Waals surface area contributed by atoms with Gasteiger partial charge in [-0.2, -0.15) is 0 Å². The summed E-state index contributed by atoms with van der Waals surface area (Å²) in [5, 5.41) is 14.9. The van der Waals surface area contributed by atoms with Crippen molar-refractivity contribution in [3.8, 4) is 11.1 Å². The second-order valence-corrected chi connectivity index (χ2v) is 13.4. The Bertz CT molecular complexity index is 2690. The summed E-state index contributed by atoms with van der Waals surface area (Å²) < 4.78 is 9.23. The van der Waals surface area contributed by atoms with Crippen LogP contribution in [0.25, 0.3) is 64.0 Å². The number of nitrogens with one attached hydrogen (secondary N) is 2. The van der Waals surface area contributed by atoms with Crippen molar-refractivity contribution in [2.75, 3.05) is 0 Å². The summed E-state index contributed by atoms with van der Waals surface area (Å²) in [6.07, 6.45) is -0.534. The van der Waals surface area contributed by atoms with E-state index in [9.17, 15) is 0 Å². The molecule has 0 aliphatic carbocycles. The number of furan rings is 1. The van der Waals surface area contributed by atoms with Gasteiger partial charge in [-0.15, -0.1) is 11.3 Å². The van der Waals surface area contributed by atoms with Crippen molar-refractivity contribution in [2.45, 2.75) is 12.3 Å². The predicted molar refractivity (Wildman–Crippen MR) is 201 cm³/mol. The van der Waals surface area contributed by atoms with Crippen LogP contribution in [0.2, 0.25) is 0 Å². The zero-order valence-corrected chi connectivity index (χ0v) is 26.7. The van der Waals surface area contributed by atoms with E-state index in [0.717, 1.165) is 49.9 Å². The number of benzene rings is 7. The first-order valence-corrected chi connectivity index (χ1v) is 17.1. The van der Waals surface area contributed by atoms with E-state index in [1.165, 1.54) is 36.7 Å². The predicted octanol–water partition coefficient (Wildman–Crippen LogP) is 11.1. The van der Waals surface area contributed by atoms with E-state index in [2.05, 4.69) is 156 Å². The highest BCUT2D eigenvalue weighted by Gasteiger charge is 2.31. The number of thiophene rings is 1. The molecule has 48 heavy (non-hydrogen) atoms. The molecule has 0 fully saturated rings. The zero-order valence-electron chi connectivity index (χ0n) is 25.9. The van der Waals surface area contributed by atoms with E-state index in [4.69, 9.17) is 9.41 Å². The molecule has 2 atom stereocenters. The van der Waals surface area contributed by atoms with E-state index in [1.54, 1.807) is 0 Å². The maximum atomic E-state index is 6.66. The molecule has 0 amide bonds. The lowest BCUT2D eigenvalue weighted by Crippen LogP contribution is -2.45. The number of hydrogen-bond acceptors (Lipinski definition) is 5. The molecule has 2 N–H and O–H groups in total. The Morgan fingerprint density at radius 2 is 1.31 bits per heavy atom. The Kier molecular flexibility index (Phi) is 6.22. The number of nitrogens with zero attached hydrogens (tertiary/aromatic N) is 1. The minimum atomic E-state index is -0.279. The molecule has 0 bridgehead atoms. The van der Waals surface area contributed by atoms with Crippen LogP contribution >= 0.6 is 11.3 Å². The Morgan fingerprint density at radius 1 is 0.583 bits per heavy atom. The van der Waals surface area contributed by atoms with Crippen molar-refractivity contribution in [2.24, 2.45) is 4.99 Å². The highest BCUT2D eigenvalue weighted by atomic mass is 32.1. The van der Waals surface area contributed by atoms with Crippen LogP contribution in [-0.4, -0.2) is 5.84 Å². The van der Waals surface area contributed by atoms with Crippen molar-refractivity contribution in [1.82, 2.24) is 10.6 Å². The third-order valence-electron chi connectivity index (χ3n) is 9.55. The largest absolute Gasteiger partial charge is 0.456 e. The summed E-state index contributed by atoms with van der Waals surface area (Å²) in [6.45, 7) is 0. The molecule has 10 rings (SSSR count). The topological polar surface area (TPSA) is 49.6 Å². The maximum absolute atomic E-state index is 6.66. The maximum Gasteiger partial charge on any atom is 0.136 e. The van der Waals surface area contributed by atoms with E-state index in [0.29, 0.717) is 0 Å². The summed E-state index contributed by atoms with van der Waals surface area (Å²) in [7, 11) is 0. The first-order chi connectivity index (χ1) is 23.8. The summed E-state index contributed by atoms with van der Waals surface area (Å²) in [5.74, 6) is 0.856. The average Bonchev–Trinajstić information content (AvgIpc) is 3.72. The molecule has 7 aromatic carbocycles. The number of rotatable bonds is 4. The van der Waals surface area contributed by atoms with Gasteiger partial charge in [-0.25, -0.2) is 4.99 Å². The lowest BCUT2D eigenvalue weighted by molar-refractivity contribution is 0.411. The van der Waals surface area contributed by atoms with Gasteiger partial charge in [-0.05, 0) is 51.7 Å². The molecule has 0 radical (unpaired) electrons. The van der Waals surface area contributed by atoms with Gasteiger partial charge in [-0.3, -0.25) is 5.32 Å². The van der Waals surface area contributed by atoms with Crippen LogP contribution in [0.15, 0.2) is 161 Å².